The van der Waals surface area contributed by atoms with Gasteiger partial charge in [-0.1, -0.05) is 12.1 Å². The van der Waals surface area contributed by atoms with Gasteiger partial charge in [0.25, 0.3) is 0 Å². The standard InChI is InChI=1S/C20H27N4O7PS/c1-13(24(12-25)11-16-10-22-14(2)23-19(16)21)18(7-8-31-32(27,28)29)33-20(26)15-5-4-6-17(9-15)30-3/h4-6,9-10,12,26,33H,7-8,11H2,1-3H3,(H2,21,22,23)(H2,27,28,29)/b18-13-. The van der Waals surface area contributed by atoms with Crippen LogP contribution < -0.4 is 10.5 Å². The van der Waals surface area contributed by atoms with Gasteiger partial charge in [0.2, 0.25) is 6.41 Å². The summed E-state index contributed by atoms with van der Waals surface area (Å²) in [7, 11) is -3.17. The molecule has 0 aliphatic heterocycles. The third-order valence-corrected chi connectivity index (χ3v) is 6.31. The monoisotopic (exact) mass is 498 g/mol. The molecule has 0 atom stereocenters. The summed E-state index contributed by atoms with van der Waals surface area (Å²) >= 11 is 0.317. The van der Waals surface area contributed by atoms with Gasteiger partial charge in [-0.15, -0.1) is 11.4 Å². The highest BCUT2D eigenvalue weighted by atomic mass is 32.1. The van der Waals surface area contributed by atoms with Crippen LogP contribution in [0.3, 0.4) is 0 Å². The number of ether oxygens (including phenoxy) is 1. The van der Waals surface area contributed by atoms with E-state index in [4.69, 9.17) is 20.3 Å². The number of phosphoric ester groups is 1. The smallest absolute Gasteiger partial charge is 0.469 e. The van der Waals surface area contributed by atoms with Gasteiger partial charge in [-0.2, -0.15) is 0 Å². The van der Waals surface area contributed by atoms with Crippen LogP contribution in [0.4, 0.5) is 5.82 Å². The third-order valence-electron chi connectivity index (χ3n) is 4.50. The van der Waals surface area contributed by atoms with E-state index in [1.54, 1.807) is 38.1 Å². The second-order valence-corrected chi connectivity index (χ2v) is 9.26. The number of anilines is 1. The zero-order valence-electron chi connectivity index (χ0n) is 18.4. The number of benzene rings is 1. The molecule has 1 aromatic heterocycles. The van der Waals surface area contributed by atoms with Crippen molar-refractivity contribution in [1.82, 2.24) is 14.9 Å². The number of thiol groups is 1. The fourth-order valence-electron chi connectivity index (χ4n) is 2.75. The maximum atomic E-state index is 11.9. The number of amides is 1. The van der Waals surface area contributed by atoms with E-state index in [9.17, 15) is 14.5 Å². The molecule has 0 saturated carbocycles. The van der Waals surface area contributed by atoms with Gasteiger partial charge in [-0.25, -0.2) is 14.5 Å². The van der Waals surface area contributed by atoms with Crippen molar-refractivity contribution in [2.24, 2.45) is 0 Å². The Morgan fingerprint density at radius 1 is 1.36 bits per heavy atom. The highest BCUT2D eigenvalue weighted by Crippen LogP contribution is 2.36. The van der Waals surface area contributed by atoms with Gasteiger partial charge in [0, 0.05) is 34.3 Å². The van der Waals surface area contributed by atoms with Gasteiger partial charge in [-0.3, -0.25) is 9.32 Å². The molecule has 0 fully saturated rings. The Balaban J connectivity index is 2.43. The van der Waals surface area contributed by atoms with Gasteiger partial charge >= 0.3 is 7.82 Å². The number of phosphoric acid groups is 1. The van der Waals surface area contributed by atoms with Crippen LogP contribution in [0.25, 0.3) is 0 Å². The third kappa shape index (κ3) is 8.35. The predicted octanol–water partition coefficient (Wildman–Crippen LogP) is 2.27. The molecule has 1 amide bonds. The van der Waals surface area contributed by atoms with E-state index >= 15 is 0 Å². The molecule has 2 aromatic rings. The number of carbonyl (C=O) groups is 1. The molecule has 1 heterocycles. The van der Waals surface area contributed by atoms with E-state index < -0.39 is 7.82 Å². The van der Waals surface area contributed by atoms with E-state index in [-0.39, 0.29) is 30.4 Å². The number of allylic oxidation sites excluding steroid dienone is 1. The molecule has 33 heavy (non-hydrogen) atoms. The molecule has 0 spiro atoms. The fourth-order valence-corrected chi connectivity index (χ4v) is 4.10. The highest BCUT2D eigenvalue weighted by molar-refractivity contribution is 8.02. The van der Waals surface area contributed by atoms with Gasteiger partial charge in [0.15, 0.2) is 0 Å². The SMILES string of the molecule is COc1cccc(/C(O)=[SH]/C(CCOP(=O)(O)O)=C(/C)N(C=O)Cc2cnc(C)nc2N)c1. The molecular weight excluding hydrogens is 471 g/mol. The lowest BCUT2D eigenvalue weighted by atomic mass is 10.2. The van der Waals surface area contributed by atoms with Crippen LogP contribution in [-0.2, 0) is 20.4 Å². The van der Waals surface area contributed by atoms with Crippen molar-refractivity contribution in [3.63, 3.8) is 0 Å². The maximum absolute atomic E-state index is 11.9. The topological polar surface area (TPSA) is 168 Å². The van der Waals surface area contributed by atoms with Crippen molar-refractivity contribution in [2.75, 3.05) is 19.5 Å². The van der Waals surface area contributed by atoms with Crippen molar-refractivity contribution in [1.29, 1.82) is 0 Å². The van der Waals surface area contributed by atoms with E-state index in [1.165, 1.54) is 18.2 Å². The first kappa shape index (κ1) is 26.7. The quantitative estimate of drug-likeness (QED) is 0.134. The van der Waals surface area contributed by atoms with Crippen molar-refractivity contribution >= 4 is 36.5 Å². The Labute approximate surface area is 195 Å². The summed E-state index contributed by atoms with van der Waals surface area (Å²) in [6.07, 6.45) is 2.16. The Hall–Kier alpha value is -2.60. The molecule has 5 N–H and O–H groups in total. The van der Waals surface area contributed by atoms with Crippen molar-refractivity contribution in [3.05, 3.63) is 58.0 Å². The van der Waals surface area contributed by atoms with Crippen LogP contribution >= 0.6 is 19.2 Å². The number of aromatic nitrogens is 2. The summed E-state index contributed by atoms with van der Waals surface area (Å²) < 4.78 is 20.8. The van der Waals surface area contributed by atoms with Crippen LogP contribution in [0.1, 0.15) is 30.3 Å². The van der Waals surface area contributed by atoms with E-state index in [0.717, 1.165) is 0 Å². The minimum absolute atomic E-state index is 0.0384. The lowest BCUT2D eigenvalue weighted by molar-refractivity contribution is -0.116. The highest BCUT2D eigenvalue weighted by Gasteiger charge is 2.17. The lowest BCUT2D eigenvalue weighted by Crippen LogP contribution is -2.22. The average molecular weight is 498 g/mol. The Morgan fingerprint density at radius 2 is 2.09 bits per heavy atom. The van der Waals surface area contributed by atoms with Gasteiger partial charge in [0.1, 0.15) is 22.4 Å². The van der Waals surface area contributed by atoms with Crippen molar-refractivity contribution in [3.8, 4) is 5.75 Å². The van der Waals surface area contributed by atoms with E-state index in [2.05, 4.69) is 14.5 Å². The summed E-state index contributed by atoms with van der Waals surface area (Å²) in [5.41, 5.74) is 7.41. The number of aryl methyl sites for hydroxylation is 1. The normalized spacial score (nSPS) is 13.1. The molecule has 1 aromatic carbocycles. The molecule has 0 bridgehead atoms. The molecule has 0 aliphatic rings. The number of methoxy groups -OCH3 is 1. The first-order valence-corrected chi connectivity index (χ1v) is 12.1. The van der Waals surface area contributed by atoms with Crippen LogP contribution in [0, 0.1) is 6.92 Å². The summed E-state index contributed by atoms with van der Waals surface area (Å²) in [6.45, 7) is 3.09. The summed E-state index contributed by atoms with van der Waals surface area (Å²) in [4.78, 5) is 39.9. The molecule has 0 saturated heterocycles. The molecule has 0 radical (unpaired) electrons. The average Bonchev–Trinajstić information content (AvgIpc) is 2.76. The van der Waals surface area contributed by atoms with E-state index in [1.807, 2.05) is 0 Å². The number of nitrogens with two attached hydrogens (primary N) is 1. The van der Waals surface area contributed by atoms with Gasteiger partial charge < -0.3 is 30.3 Å². The summed E-state index contributed by atoms with van der Waals surface area (Å²) in [5, 5.41) is 10.7. The van der Waals surface area contributed by atoms with Crippen LogP contribution in [0.5, 0.6) is 5.75 Å². The minimum Gasteiger partial charge on any atom is -0.497 e. The lowest BCUT2D eigenvalue weighted by Gasteiger charge is -2.22. The zero-order chi connectivity index (χ0) is 24.6. The first-order chi connectivity index (χ1) is 15.5. The van der Waals surface area contributed by atoms with Gasteiger partial charge in [0.05, 0.1) is 20.3 Å². The van der Waals surface area contributed by atoms with Crippen LogP contribution in [-0.4, -0.2) is 54.9 Å². The summed E-state index contributed by atoms with van der Waals surface area (Å²) in [6, 6.07) is 6.77. The Morgan fingerprint density at radius 3 is 2.70 bits per heavy atom. The number of carbonyl (C=O) groups excluding carboxylic acids is 1. The molecule has 0 unspecified atom stereocenters. The van der Waals surface area contributed by atoms with Crippen LogP contribution in [0.2, 0.25) is 0 Å². The largest absolute Gasteiger partial charge is 0.497 e. The second-order valence-electron chi connectivity index (χ2n) is 6.83. The molecule has 11 nitrogen and oxygen atoms in total. The van der Waals surface area contributed by atoms with E-state index in [0.29, 0.717) is 51.1 Å². The van der Waals surface area contributed by atoms with Crippen LogP contribution in [0.15, 0.2) is 41.1 Å². The minimum atomic E-state index is -4.68. The zero-order valence-corrected chi connectivity index (χ0v) is 20.2. The number of aliphatic hydroxyl groups is 1. The number of nitrogens with zero attached hydrogens (tertiary/aromatic N) is 3. The summed E-state index contributed by atoms with van der Waals surface area (Å²) in [5.74, 6) is 1.27. The number of hydrogen-bond acceptors (Lipinski definition) is 7. The second kappa shape index (κ2) is 12.0. The molecular formula is C20H27N4O7PS. The number of nitrogen functional groups attached to an aromatic ring is 1. The Kier molecular flexibility index (Phi) is 9.71. The number of aliphatic hydroxyl groups excluding tert-OH is 1. The Bertz CT molecular complexity index is 1100. The fraction of sp³-hybridized carbons (Fsp3) is 0.300. The molecule has 2 rings (SSSR count). The maximum Gasteiger partial charge on any atom is 0.469 e. The predicted molar refractivity (Wildman–Crippen MR) is 127 cm³/mol. The number of hydrogen-bond donors (Lipinski definition) is 5. The van der Waals surface area contributed by atoms with Gasteiger partial charge in [-0.05, 0) is 26.0 Å². The molecule has 0 aliphatic carbocycles. The molecule has 180 valence electrons. The molecule has 13 heteroatoms. The van der Waals surface area contributed by atoms with Crippen molar-refractivity contribution in [2.45, 2.75) is 26.8 Å². The number of rotatable bonds is 11. The first-order valence-electron chi connectivity index (χ1n) is 9.66. The van der Waals surface area contributed by atoms with Crippen molar-refractivity contribution < 1.29 is 33.5 Å².